The third-order valence-electron chi connectivity index (χ3n) is 4.93. The molecule has 3 aliphatic rings. The number of hydrogen-bond acceptors (Lipinski definition) is 2. The van der Waals surface area contributed by atoms with Crippen molar-refractivity contribution in [2.24, 2.45) is 23.5 Å². The van der Waals surface area contributed by atoms with Crippen LogP contribution in [-0.2, 0) is 0 Å². The maximum atomic E-state index is 5.84. The summed E-state index contributed by atoms with van der Waals surface area (Å²) in [6, 6.07) is 1.28. The Morgan fingerprint density at radius 2 is 2.00 bits per heavy atom. The van der Waals surface area contributed by atoms with Crippen LogP contribution in [0.25, 0.3) is 0 Å². The largest absolute Gasteiger partial charge is 0.325 e. The predicted octanol–water partition coefficient (Wildman–Crippen LogP) is 1.45. The van der Waals surface area contributed by atoms with E-state index in [1.165, 1.54) is 25.7 Å². The Labute approximate surface area is 86.8 Å². The highest BCUT2D eigenvalue weighted by molar-refractivity contribution is 4.97. The minimum atomic E-state index is 0.469. The molecule has 80 valence electrons. The second-order valence-corrected chi connectivity index (χ2v) is 5.79. The molecule has 2 bridgehead atoms. The van der Waals surface area contributed by atoms with Gasteiger partial charge in [-0.1, -0.05) is 6.42 Å². The Morgan fingerprint density at radius 3 is 2.50 bits per heavy atom. The lowest BCUT2D eigenvalue weighted by molar-refractivity contribution is 0.0507. The quantitative estimate of drug-likeness (QED) is 0.721. The van der Waals surface area contributed by atoms with E-state index in [2.05, 4.69) is 11.8 Å². The molecule has 2 N–H and O–H groups in total. The molecule has 0 amide bonds. The Hall–Kier alpha value is -0.0800. The van der Waals surface area contributed by atoms with Gasteiger partial charge in [-0.2, -0.15) is 0 Å². The Bertz CT molecular complexity index is 222. The maximum Gasteiger partial charge on any atom is 0.0297 e. The van der Waals surface area contributed by atoms with Crippen molar-refractivity contribution in [3.8, 4) is 0 Å². The van der Waals surface area contributed by atoms with Gasteiger partial charge in [0, 0.05) is 25.2 Å². The van der Waals surface area contributed by atoms with Crippen LogP contribution in [0.15, 0.2) is 0 Å². The third-order valence-corrected chi connectivity index (χ3v) is 4.93. The molecule has 1 saturated heterocycles. The highest BCUT2D eigenvalue weighted by Gasteiger charge is 2.44. The van der Waals surface area contributed by atoms with Gasteiger partial charge < -0.3 is 5.73 Å². The summed E-state index contributed by atoms with van der Waals surface area (Å²) in [6.45, 7) is 4.72. The Kier molecular flexibility index (Phi) is 2.10. The Balaban J connectivity index is 1.60. The van der Waals surface area contributed by atoms with Crippen LogP contribution in [0.5, 0.6) is 0 Å². The van der Waals surface area contributed by atoms with Crippen molar-refractivity contribution >= 4 is 0 Å². The number of nitrogens with two attached hydrogens (primary N) is 1. The number of rotatable bonds is 2. The van der Waals surface area contributed by atoms with Gasteiger partial charge in [-0.15, -0.1) is 0 Å². The molecule has 0 aromatic rings. The minimum absolute atomic E-state index is 0.469. The average molecular weight is 194 g/mol. The fourth-order valence-corrected chi connectivity index (χ4v) is 4.04. The van der Waals surface area contributed by atoms with Crippen LogP contribution in [0.2, 0.25) is 0 Å². The molecule has 14 heavy (non-hydrogen) atoms. The summed E-state index contributed by atoms with van der Waals surface area (Å²) in [6.07, 6.45) is 6.08. The lowest BCUT2D eigenvalue weighted by Crippen LogP contribution is -2.60. The molecule has 2 nitrogen and oxygen atoms in total. The molecule has 0 aromatic heterocycles. The molecule has 0 spiro atoms. The van der Waals surface area contributed by atoms with E-state index >= 15 is 0 Å². The number of hydrogen-bond donors (Lipinski definition) is 1. The standard InChI is InChI=1S/C12H22N2/c1-8(14-6-11(13)7-14)12-5-9-2-3-10(12)4-9/h8-12H,2-7,13H2,1H3. The van der Waals surface area contributed by atoms with E-state index in [1.807, 2.05) is 0 Å². The maximum absolute atomic E-state index is 5.84. The monoisotopic (exact) mass is 194 g/mol. The van der Waals surface area contributed by atoms with Gasteiger partial charge in [0.2, 0.25) is 0 Å². The predicted molar refractivity (Wildman–Crippen MR) is 57.9 cm³/mol. The summed E-state index contributed by atoms with van der Waals surface area (Å²) < 4.78 is 0. The van der Waals surface area contributed by atoms with Crippen molar-refractivity contribution in [2.75, 3.05) is 13.1 Å². The average Bonchev–Trinajstić information content (AvgIpc) is 2.72. The molecule has 0 aromatic carbocycles. The summed E-state index contributed by atoms with van der Waals surface area (Å²) in [5.41, 5.74) is 5.84. The molecule has 1 aliphatic heterocycles. The zero-order chi connectivity index (χ0) is 9.71. The number of fused-ring (bicyclic) bond motifs is 2. The molecule has 4 unspecified atom stereocenters. The van der Waals surface area contributed by atoms with Crippen LogP contribution in [0.1, 0.15) is 32.6 Å². The van der Waals surface area contributed by atoms with Gasteiger partial charge in [0.15, 0.2) is 0 Å². The van der Waals surface area contributed by atoms with Gasteiger partial charge in [-0.25, -0.2) is 0 Å². The van der Waals surface area contributed by atoms with Crippen molar-refractivity contribution < 1.29 is 0 Å². The van der Waals surface area contributed by atoms with E-state index < -0.39 is 0 Å². The van der Waals surface area contributed by atoms with E-state index in [9.17, 15) is 0 Å². The highest BCUT2D eigenvalue weighted by Crippen LogP contribution is 2.50. The molecule has 2 saturated carbocycles. The van der Waals surface area contributed by atoms with E-state index in [1.54, 1.807) is 0 Å². The van der Waals surface area contributed by atoms with Gasteiger partial charge in [-0.3, -0.25) is 4.90 Å². The lowest BCUT2D eigenvalue weighted by atomic mass is 9.82. The number of nitrogens with zero attached hydrogens (tertiary/aromatic N) is 1. The second-order valence-electron chi connectivity index (χ2n) is 5.79. The van der Waals surface area contributed by atoms with E-state index in [4.69, 9.17) is 5.73 Å². The topological polar surface area (TPSA) is 29.3 Å². The third kappa shape index (κ3) is 1.31. The first-order valence-electron chi connectivity index (χ1n) is 6.23. The SMILES string of the molecule is CC(C1CC2CCC1C2)N1CC(N)C1. The van der Waals surface area contributed by atoms with Gasteiger partial charge in [0.1, 0.15) is 0 Å². The normalized spacial score (nSPS) is 45.4. The van der Waals surface area contributed by atoms with Gasteiger partial charge in [0.05, 0.1) is 0 Å². The van der Waals surface area contributed by atoms with Crippen LogP contribution < -0.4 is 5.73 Å². The van der Waals surface area contributed by atoms with Crippen molar-refractivity contribution in [3.63, 3.8) is 0 Å². The molecule has 3 fully saturated rings. The lowest BCUT2D eigenvalue weighted by Gasteiger charge is -2.45. The fourth-order valence-electron chi connectivity index (χ4n) is 4.04. The molecular formula is C12H22N2. The summed E-state index contributed by atoms with van der Waals surface area (Å²) in [5.74, 6) is 3.15. The first-order chi connectivity index (χ1) is 6.74. The van der Waals surface area contributed by atoms with Crippen molar-refractivity contribution in [1.29, 1.82) is 0 Å². The summed E-state index contributed by atoms with van der Waals surface area (Å²) >= 11 is 0. The van der Waals surface area contributed by atoms with Gasteiger partial charge in [-0.05, 0) is 43.9 Å². The smallest absolute Gasteiger partial charge is 0.0297 e. The summed E-state index contributed by atoms with van der Waals surface area (Å²) in [4.78, 5) is 2.59. The second kappa shape index (κ2) is 3.21. The van der Waals surface area contributed by atoms with Crippen LogP contribution in [0.3, 0.4) is 0 Å². The van der Waals surface area contributed by atoms with E-state index in [0.29, 0.717) is 6.04 Å². The zero-order valence-electron chi connectivity index (χ0n) is 9.15. The first-order valence-corrected chi connectivity index (χ1v) is 6.23. The molecule has 4 atom stereocenters. The van der Waals surface area contributed by atoms with Crippen LogP contribution >= 0.6 is 0 Å². The molecule has 1 heterocycles. The first kappa shape index (κ1) is 9.17. The minimum Gasteiger partial charge on any atom is -0.325 e. The molecular weight excluding hydrogens is 172 g/mol. The zero-order valence-corrected chi connectivity index (χ0v) is 9.15. The fraction of sp³-hybridized carbons (Fsp3) is 1.00. The molecule has 2 aliphatic carbocycles. The van der Waals surface area contributed by atoms with Crippen LogP contribution in [0.4, 0.5) is 0 Å². The van der Waals surface area contributed by atoms with Crippen molar-refractivity contribution in [3.05, 3.63) is 0 Å². The van der Waals surface area contributed by atoms with Crippen molar-refractivity contribution in [1.82, 2.24) is 4.90 Å². The highest BCUT2D eigenvalue weighted by atomic mass is 15.2. The van der Waals surface area contributed by atoms with Crippen molar-refractivity contribution in [2.45, 2.75) is 44.7 Å². The Morgan fingerprint density at radius 1 is 1.21 bits per heavy atom. The summed E-state index contributed by atoms with van der Waals surface area (Å²) in [5, 5.41) is 0. The van der Waals surface area contributed by atoms with Crippen LogP contribution in [0, 0.1) is 17.8 Å². The van der Waals surface area contributed by atoms with E-state index in [-0.39, 0.29) is 0 Å². The molecule has 2 heteroatoms. The summed E-state index contributed by atoms with van der Waals surface area (Å²) in [7, 11) is 0. The van der Waals surface area contributed by atoms with Gasteiger partial charge >= 0.3 is 0 Å². The van der Waals surface area contributed by atoms with Crippen LogP contribution in [-0.4, -0.2) is 30.1 Å². The van der Waals surface area contributed by atoms with Gasteiger partial charge in [0.25, 0.3) is 0 Å². The molecule has 0 radical (unpaired) electrons. The number of likely N-dealkylation sites (tertiary alicyclic amines) is 1. The van der Waals surface area contributed by atoms with E-state index in [0.717, 1.165) is 36.9 Å². The molecule has 3 rings (SSSR count).